The van der Waals surface area contributed by atoms with Crippen molar-refractivity contribution in [1.29, 1.82) is 0 Å². The maximum Gasteiger partial charge on any atom is 0.259 e. The summed E-state index contributed by atoms with van der Waals surface area (Å²) in [6, 6.07) is 11.9. The highest BCUT2D eigenvalue weighted by Gasteiger charge is 2.48. The number of amides is 1. The number of methoxy groups -OCH3 is 1. The number of ether oxygens (including phenoxy) is 1. The Morgan fingerprint density at radius 1 is 1.16 bits per heavy atom. The first-order valence-corrected chi connectivity index (χ1v) is 12.5. The van der Waals surface area contributed by atoms with Crippen molar-refractivity contribution in [1.82, 2.24) is 19.4 Å². The summed E-state index contributed by atoms with van der Waals surface area (Å²) in [6.45, 7) is 9.50. The molecule has 1 fully saturated rings. The van der Waals surface area contributed by atoms with Gasteiger partial charge >= 0.3 is 0 Å². The van der Waals surface area contributed by atoms with Crippen molar-refractivity contribution in [3.8, 4) is 11.4 Å². The molecular weight excluding hydrogens is 469 g/mol. The molecule has 2 aromatic carbocycles. The van der Waals surface area contributed by atoms with E-state index in [4.69, 9.17) is 9.73 Å². The highest BCUT2D eigenvalue weighted by Crippen LogP contribution is 2.39. The summed E-state index contributed by atoms with van der Waals surface area (Å²) in [7, 11) is 1.64. The normalized spacial score (nSPS) is 19.0. The van der Waals surface area contributed by atoms with Gasteiger partial charge in [-0.1, -0.05) is 18.2 Å². The molecule has 1 amide bonds. The van der Waals surface area contributed by atoms with Crippen LogP contribution in [-0.4, -0.2) is 57.0 Å². The van der Waals surface area contributed by atoms with E-state index in [-0.39, 0.29) is 17.8 Å². The second kappa shape index (κ2) is 9.50. The van der Waals surface area contributed by atoms with Gasteiger partial charge in [-0.3, -0.25) is 14.7 Å². The van der Waals surface area contributed by atoms with Crippen LogP contribution < -0.4 is 4.74 Å². The first kappa shape index (κ1) is 24.7. The second-order valence-electron chi connectivity index (χ2n) is 10.1. The predicted molar refractivity (Wildman–Crippen MR) is 142 cm³/mol. The van der Waals surface area contributed by atoms with Crippen molar-refractivity contribution in [3.63, 3.8) is 0 Å². The molecule has 3 aromatic rings. The molecule has 3 heterocycles. The third kappa shape index (κ3) is 4.41. The second-order valence-corrected chi connectivity index (χ2v) is 10.1. The van der Waals surface area contributed by atoms with Crippen LogP contribution in [0.2, 0.25) is 0 Å². The zero-order chi connectivity index (χ0) is 26.3. The summed E-state index contributed by atoms with van der Waals surface area (Å²) in [4.78, 5) is 27.2. The zero-order valence-corrected chi connectivity index (χ0v) is 21.9. The van der Waals surface area contributed by atoms with Crippen molar-refractivity contribution >= 4 is 17.9 Å². The van der Waals surface area contributed by atoms with Gasteiger partial charge in [0, 0.05) is 24.9 Å². The Morgan fingerprint density at radius 2 is 1.92 bits per heavy atom. The number of aryl methyl sites for hydroxylation is 1. The summed E-state index contributed by atoms with van der Waals surface area (Å²) in [6.07, 6.45) is 6.56. The van der Waals surface area contributed by atoms with Crippen LogP contribution in [0.4, 0.5) is 4.39 Å². The Kier molecular flexibility index (Phi) is 6.35. The van der Waals surface area contributed by atoms with E-state index in [0.29, 0.717) is 23.8 Å². The summed E-state index contributed by atoms with van der Waals surface area (Å²) >= 11 is 0. The van der Waals surface area contributed by atoms with Crippen LogP contribution in [0.1, 0.15) is 50.1 Å². The first-order valence-electron chi connectivity index (χ1n) is 12.5. The molecule has 0 spiro atoms. The molecule has 0 aliphatic carbocycles. The van der Waals surface area contributed by atoms with Crippen LogP contribution in [0, 0.1) is 12.7 Å². The smallest absolute Gasteiger partial charge is 0.259 e. The zero-order valence-electron chi connectivity index (χ0n) is 21.9. The Labute approximate surface area is 216 Å². The van der Waals surface area contributed by atoms with Gasteiger partial charge in [0.05, 0.1) is 36.4 Å². The van der Waals surface area contributed by atoms with Gasteiger partial charge in [0.2, 0.25) is 5.96 Å². The van der Waals surface area contributed by atoms with Crippen molar-refractivity contribution in [2.45, 2.75) is 45.7 Å². The lowest BCUT2D eigenvalue weighted by molar-refractivity contribution is -0.128. The number of fused-ring (bicyclic) bond motifs is 1. The molecule has 1 atom stereocenters. The molecule has 1 aromatic heterocycles. The van der Waals surface area contributed by atoms with Crippen molar-refractivity contribution in [2.24, 2.45) is 4.99 Å². The number of aromatic nitrogens is 2. The van der Waals surface area contributed by atoms with E-state index >= 15 is 0 Å². The Bertz CT molecular complexity index is 1390. The monoisotopic (exact) mass is 501 g/mol. The lowest BCUT2D eigenvalue weighted by atomic mass is 9.85. The molecule has 2 aliphatic rings. The topological polar surface area (TPSA) is 63.0 Å². The number of rotatable bonds is 5. The third-order valence-corrected chi connectivity index (χ3v) is 7.28. The van der Waals surface area contributed by atoms with Crippen LogP contribution in [0.5, 0.6) is 5.75 Å². The van der Waals surface area contributed by atoms with Crippen molar-refractivity contribution in [2.75, 3.05) is 20.2 Å². The SMILES string of the molecule is COc1cc(C=C2C(=O)N(C(C)c3ccc(F)cc3)C3=NCCCN3C2(C)C)ccc1-n1cnc(C)c1. The minimum Gasteiger partial charge on any atom is -0.495 e. The molecule has 8 heteroatoms. The number of benzene rings is 2. The molecule has 0 N–H and O–H groups in total. The molecule has 0 bridgehead atoms. The molecule has 5 rings (SSSR count). The van der Waals surface area contributed by atoms with E-state index in [1.54, 1.807) is 30.5 Å². The molecular formula is C29H32FN5O2. The van der Waals surface area contributed by atoms with Gasteiger partial charge in [0.1, 0.15) is 11.6 Å². The number of carbonyl (C=O) groups excluding carboxylic acids is 1. The van der Waals surface area contributed by atoms with E-state index in [1.165, 1.54) is 12.1 Å². The van der Waals surface area contributed by atoms with Crippen LogP contribution in [0.15, 0.2) is 65.6 Å². The summed E-state index contributed by atoms with van der Waals surface area (Å²) in [5.41, 5.74) is 3.59. The Balaban J connectivity index is 1.58. The number of guanidine groups is 1. The quantitative estimate of drug-likeness (QED) is 0.454. The van der Waals surface area contributed by atoms with Crippen LogP contribution >= 0.6 is 0 Å². The van der Waals surface area contributed by atoms with E-state index in [9.17, 15) is 9.18 Å². The van der Waals surface area contributed by atoms with Gasteiger partial charge in [-0.05, 0) is 75.6 Å². The van der Waals surface area contributed by atoms with E-state index < -0.39 is 5.54 Å². The number of aliphatic imine (C=N–C) groups is 1. The van der Waals surface area contributed by atoms with Gasteiger partial charge in [-0.15, -0.1) is 0 Å². The maximum atomic E-state index is 14.2. The van der Waals surface area contributed by atoms with Gasteiger partial charge in [-0.25, -0.2) is 9.37 Å². The molecule has 7 nitrogen and oxygen atoms in total. The highest BCUT2D eigenvalue weighted by molar-refractivity contribution is 6.12. The molecule has 1 saturated heterocycles. The molecule has 0 saturated carbocycles. The predicted octanol–water partition coefficient (Wildman–Crippen LogP) is 5.16. The lowest BCUT2D eigenvalue weighted by Gasteiger charge is -2.52. The highest BCUT2D eigenvalue weighted by atomic mass is 19.1. The van der Waals surface area contributed by atoms with Crippen molar-refractivity contribution < 1.29 is 13.9 Å². The number of hydrogen-bond donors (Lipinski definition) is 0. The fourth-order valence-corrected chi connectivity index (χ4v) is 5.15. The lowest BCUT2D eigenvalue weighted by Crippen LogP contribution is -2.65. The fraction of sp³-hybridized carbons (Fsp3) is 0.345. The number of imidazole rings is 1. The molecule has 2 aliphatic heterocycles. The molecule has 192 valence electrons. The number of nitrogens with zero attached hydrogens (tertiary/aromatic N) is 5. The average molecular weight is 502 g/mol. The number of hydrogen-bond acceptors (Lipinski definition) is 5. The number of carbonyl (C=O) groups is 1. The summed E-state index contributed by atoms with van der Waals surface area (Å²) < 4.78 is 21.2. The maximum absolute atomic E-state index is 14.2. The van der Waals surface area contributed by atoms with Gasteiger partial charge in [-0.2, -0.15) is 0 Å². The minimum absolute atomic E-state index is 0.105. The standard InChI is InChI=1S/C29H32FN5O2/c1-19-17-33(18-32-19)25-12-7-21(16-26(25)37-5)15-24-27(36)35(20(2)22-8-10-23(30)11-9-22)28-31-13-6-14-34(28)29(24,3)4/h7-12,15-18,20H,6,13-14H2,1-5H3. The summed E-state index contributed by atoms with van der Waals surface area (Å²) in [5.74, 6) is 0.956. The van der Waals surface area contributed by atoms with Crippen LogP contribution in [-0.2, 0) is 4.79 Å². The van der Waals surface area contributed by atoms with Crippen LogP contribution in [0.3, 0.4) is 0 Å². The van der Waals surface area contributed by atoms with Gasteiger partial charge in [0.25, 0.3) is 5.91 Å². The fourth-order valence-electron chi connectivity index (χ4n) is 5.15. The van der Waals surface area contributed by atoms with Gasteiger partial charge in [0.15, 0.2) is 0 Å². The first-order chi connectivity index (χ1) is 17.7. The van der Waals surface area contributed by atoms with Crippen LogP contribution in [0.25, 0.3) is 11.8 Å². The largest absolute Gasteiger partial charge is 0.495 e. The number of halogens is 1. The third-order valence-electron chi connectivity index (χ3n) is 7.28. The Morgan fingerprint density at radius 3 is 2.59 bits per heavy atom. The molecule has 0 radical (unpaired) electrons. The molecule has 1 unspecified atom stereocenters. The minimum atomic E-state index is -0.567. The van der Waals surface area contributed by atoms with E-state index in [2.05, 4.69) is 23.7 Å². The molecule has 37 heavy (non-hydrogen) atoms. The van der Waals surface area contributed by atoms with Crippen molar-refractivity contribution in [3.05, 3.63) is 83.2 Å². The van der Waals surface area contributed by atoms with Gasteiger partial charge < -0.3 is 14.2 Å². The van der Waals surface area contributed by atoms with E-state index in [1.807, 2.05) is 48.9 Å². The summed E-state index contributed by atoms with van der Waals surface area (Å²) in [5, 5.41) is 0. The average Bonchev–Trinajstić information content (AvgIpc) is 3.33. The van der Waals surface area contributed by atoms with E-state index in [0.717, 1.165) is 35.5 Å². The Hall–Kier alpha value is -3.94.